The third-order valence-corrected chi connectivity index (χ3v) is 2.69. The van der Waals surface area contributed by atoms with Gasteiger partial charge in [0.1, 0.15) is 0 Å². The minimum absolute atomic E-state index is 0.579. The van der Waals surface area contributed by atoms with Crippen molar-refractivity contribution in [3.05, 3.63) is 35.8 Å². The third kappa shape index (κ3) is 11.0. The normalized spacial score (nSPS) is 13.6. The first kappa shape index (κ1) is 20.2. The molecule has 0 aromatic carbocycles. The molecule has 0 saturated carbocycles. The molecule has 0 amide bonds. The number of hydrogen-bond acceptors (Lipinski definition) is 4. The molecule has 5 nitrogen and oxygen atoms in total. The summed E-state index contributed by atoms with van der Waals surface area (Å²) in [5.74, 6) is 1.16. The lowest BCUT2D eigenvalue weighted by Gasteiger charge is -2.12. The van der Waals surface area contributed by atoms with Crippen LogP contribution in [0, 0.1) is 11.8 Å². The Bertz CT molecular complexity index is 392. The molecule has 0 bridgehead atoms. The molecule has 4 N–H and O–H groups in total. The molecule has 22 heavy (non-hydrogen) atoms. The SMILES string of the molecule is CN/C=C(/C=C\NC=NCC(C)C)C(=C\NNC)\CC(C)C. The molecule has 0 saturated heterocycles. The number of hydrogen-bond donors (Lipinski definition) is 4. The summed E-state index contributed by atoms with van der Waals surface area (Å²) >= 11 is 0. The number of allylic oxidation sites excluding steroid dienone is 3. The fourth-order valence-corrected chi connectivity index (χ4v) is 1.76. The lowest BCUT2D eigenvalue weighted by molar-refractivity contribution is 0.636. The summed E-state index contributed by atoms with van der Waals surface area (Å²) in [6, 6.07) is 0. The number of nitrogens with zero attached hydrogens (tertiary/aromatic N) is 1. The molecule has 0 aliphatic heterocycles. The maximum atomic E-state index is 4.30. The van der Waals surface area contributed by atoms with Crippen LogP contribution >= 0.6 is 0 Å². The molecule has 0 spiro atoms. The summed E-state index contributed by atoms with van der Waals surface area (Å²) in [4.78, 5) is 4.30. The first-order chi connectivity index (χ1) is 10.5. The number of aliphatic imine (C=N–C) groups is 1. The van der Waals surface area contributed by atoms with Gasteiger partial charge in [-0.2, -0.15) is 0 Å². The van der Waals surface area contributed by atoms with Crippen LogP contribution in [0.2, 0.25) is 0 Å². The summed E-state index contributed by atoms with van der Waals surface area (Å²) in [5, 5.41) is 6.19. The van der Waals surface area contributed by atoms with Crippen molar-refractivity contribution in [1.29, 1.82) is 0 Å². The predicted molar refractivity (Wildman–Crippen MR) is 97.3 cm³/mol. The van der Waals surface area contributed by atoms with Crippen molar-refractivity contribution in [2.75, 3.05) is 20.6 Å². The van der Waals surface area contributed by atoms with Crippen LogP contribution in [0.5, 0.6) is 0 Å². The molecule has 0 heterocycles. The van der Waals surface area contributed by atoms with E-state index >= 15 is 0 Å². The smallest absolute Gasteiger partial charge is 0.0863 e. The van der Waals surface area contributed by atoms with Crippen LogP contribution in [0.15, 0.2) is 40.8 Å². The van der Waals surface area contributed by atoms with E-state index in [9.17, 15) is 0 Å². The Hall–Kier alpha value is -1.75. The van der Waals surface area contributed by atoms with Crippen LogP contribution < -0.4 is 21.5 Å². The van der Waals surface area contributed by atoms with Gasteiger partial charge in [-0.3, -0.25) is 4.99 Å². The van der Waals surface area contributed by atoms with E-state index in [0.29, 0.717) is 11.8 Å². The highest BCUT2D eigenvalue weighted by molar-refractivity contribution is 5.56. The summed E-state index contributed by atoms with van der Waals surface area (Å²) < 4.78 is 0. The van der Waals surface area contributed by atoms with Crippen LogP contribution in [0.4, 0.5) is 0 Å². The highest BCUT2D eigenvalue weighted by Gasteiger charge is 2.05. The molecule has 0 fully saturated rings. The zero-order chi connectivity index (χ0) is 16.8. The molecule has 0 aliphatic rings. The molecular weight excluding hydrogens is 274 g/mol. The van der Waals surface area contributed by atoms with Crippen LogP contribution in [0.3, 0.4) is 0 Å². The minimum Gasteiger partial charge on any atom is -0.393 e. The van der Waals surface area contributed by atoms with Crippen molar-refractivity contribution in [2.24, 2.45) is 16.8 Å². The monoisotopic (exact) mass is 307 g/mol. The molecule has 0 aliphatic carbocycles. The Kier molecular flexibility index (Phi) is 11.9. The molecular formula is C17H33N5. The maximum Gasteiger partial charge on any atom is 0.0863 e. The average Bonchev–Trinajstić information content (AvgIpc) is 2.45. The van der Waals surface area contributed by atoms with E-state index in [2.05, 4.69) is 54.2 Å². The van der Waals surface area contributed by atoms with Gasteiger partial charge in [0.2, 0.25) is 0 Å². The fourth-order valence-electron chi connectivity index (χ4n) is 1.76. The third-order valence-electron chi connectivity index (χ3n) is 2.69. The topological polar surface area (TPSA) is 60.5 Å². The van der Waals surface area contributed by atoms with Crippen molar-refractivity contribution in [3.8, 4) is 0 Å². The summed E-state index contributed by atoms with van der Waals surface area (Å²) in [7, 11) is 3.76. The number of nitrogens with one attached hydrogen (secondary N) is 4. The molecule has 126 valence electrons. The van der Waals surface area contributed by atoms with Crippen molar-refractivity contribution < 1.29 is 0 Å². The standard InChI is InChI=1S/C17H33N5/c1-14(2)9-17(12-22-19-6)16(11-18-5)7-8-20-13-21-10-15(3)4/h7-8,11-15,18-19,22H,9-10H2,1-6H3,(H,20,21)/b8-7-,16-11-,17-12+. The van der Waals surface area contributed by atoms with Gasteiger partial charge >= 0.3 is 0 Å². The van der Waals surface area contributed by atoms with E-state index in [-0.39, 0.29) is 0 Å². The molecule has 0 atom stereocenters. The number of hydrazine groups is 1. The Balaban J connectivity index is 4.79. The molecule has 5 heteroatoms. The predicted octanol–water partition coefficient (Wildman–Crippen LogP) is 2.53. The lowest BCUT2D eigenvalue weighted by atomic mass is 9.97. The van der Waals surface area contributed by atoms with E-state index in [4.69, 9.17) is 0 Å². The van der Waals surface area contributed by atoms with Gasteiger partial charge in [-0.15, -0.1) is 0 Å². The fraction of sp³-hybridized carbons (Fsp3) is 0.588. The van der Waals surface area contributed by atoms with E-state index in [0.717, 1.165) is 18.5 Å². The highest BCUT2D eigenvalue weighted by atomic mass is 15.3. The van der Waals surface area contributed by atoms with E-state index in [1.54, 1.807) is 6.34 Å². The van der Waals surface area contributed by atoms with Crippen molar-refractivity contribution in [3.63, 3.8) is 0 Å². The second-order valence-electron chi connectivity index (χ2n) is 5.94. The Morgan fingerprint density at radius 1 is 1.05 bits per heavy atom. The first-order valence-electron chi connectivity index (χ1n) is 7.91. The quantitative estimate of drug-likeness (QED) is 0.205. The second-order valence-corrected chi connectivity index (χ2v) is 5.94. The van der Waals surface area contributed by atoms with Gasteiger partial charge in [0, 0.05) is 39.2 Å². The van der Waals surface area contributed by atoms with Crippen molar-refractivity contribution in [1.82, 2.24) is 21.5 Å². The Labute approximate surface area is 136 Å². The van der Waals surface area contributed by atoms with E-state index in [1.807, 2.05) is 38.8 Å². The van der Waals surface area contributed by atoms with Gasteiger partial charge in [0.05, 0.1) is 6.34 Å². The van der Waals surface area contributed by atoms with Gasteiger partial charge in [-0.25, -0.2) is 5.43 Å². The number of rotatable bonds is 11. The molecule has 0 radical (unpaired) electrons. The van der Waals surface area contributed by atoms with Gasteiger partial charge in [-0.1, -0.05) is 27.7 Å². The second kappa shape index (κ2) is 13.0. The largest absolute Gasteiger partial charge is 0.393 e. The average molecular weight is 307 g/mol. The maximum absolute atomic E-state index is 4.30. The summed E-state index contributed by atoms with van der Waals surface area (Å²) in [6.45, 7) is 9.57. The minimum atomic E-state index is 0.579. The zero-order valence-corrected chi connectivity index (χ0v) is 14.9. The van der Waals surface area contributed by atoms with Crippen molar-refractivity contribution in [2.45, 2.75) is 34.1 Å². The molecule has 0 rings (SSSR count). The summed E-state index contributed by atoms with van der Waals surface area (Å²) in [5.41, 5.74) is 8.34. The van der Waals surface area contributed by atoms with E-state index < -0.39 is 0 Å². The molecule has 0 unspecified atom stereocenters. The summed E-state index contributed by atoms with van der Waals surface area (Å²) in [6.07, 6.45) is 10.7. The Morgan fingerprint density at radius 2 is 1.77 bits per heavy atom. The van der Waals surface area contributed by atoms with Gasteiger partial charge in [0.15, 0.2) is 0 Å². The van der Waals surface area contributed by atoms with Crippen LogP contribution in [0.1, 0.15) is 34.1 Å². The lowest BCUT2D eigenvalue weighted by Crippen LogP contribution is -2.22. The van der Waals surface area contributed by atoms with Crippen molar-refractivity contribution >= 4 is 6.34 Å². The Morgan fingerprint density at radius 3 is 2.32 bits per heavy atom. The molecule has 0 aromatic rings. The van der Waals surface area contributed by atoms with Crippen LogP contribution in [-0.4, -0.2) is 27.0 Å². The molecule has 0 aromatic heterocycles. The van der Waals surface area contributed by atoms with E-state index in [1.165, 1.54) is 5.57 Å². The van der Waals surface area contributed by atoms with Gasteiger partial charge < -0.3 is 16.1 Å². The van der Waals surface area contributed by atoms with Crippen LogP contribution in [-0.2, 0) is 0 Å². The highest BCUT2D eigenvalue weighted by Crippen LogP contribution is 2.19. The van der Waals surface area contributed by atoms with Gasteiger partial charge in [-0.05, 0) is 35.5 Å². The zero-order valence-electron chi connectivity index (χ0n) is 14.9. The first-order valence-corrected chi connectivity index (χ1v) is 7.91. The van der Waals surface area contributed by atoms with Gasteiger partial charge in [0.25, 0.3) is 0 Å². The van der Waals surface area contributed by atoms with Crippen LogP contribution in [0.25, 0.3) is 0 Å².